The maximum Gasteiger partial charge on any atom is 0.260 e. The van der Waals surface area contributed by atoms with Gasteiger partial charge in [0.1, 0.15) is 5.82 Å². The van der Waals surface area contributed by atoms with Crippen LogP contribution in [0, 0.1) is 0 Å². The average molecular weight is 320 g/mol. The van der Waals surface area contributed by atoms with Gasteiger partial charge in [-0.2, -0.15) is 0 Å². The first-order valence-electron chi connectivity index (χ1n) is 7.86. The molecule has 0 saturated heterocycles. The number of nitrogens with one attached hydrogen (secondary N) is 1. The molecule has 24 heavy (non-hydrogen) atoms. The van der Waals surface area contributed by atoms with E-state index in [1.54, 1.807) is 18.3 Å². The summed E-state index contributed by atoms with van der Waals surface area (Å²) in [6.45, 7) is 1.12. The standard InChI is InChI=1S/C19H16N2O3/c22-19(15-7-3-8-16-18(15)24-10-4-9-23-16)21-17-11-13-5-1-2-6-14(13)12-20-17/h1-3,5-8,11-12H,4,9-10H2,(H,20,21,22). The summed E-state index contributed by atoms with van der Waals surface area (Å²) in [4.78, 5) is 16.9. The third-order valence-corrected chi connectivity index (χ3v) is 3.89. The summed E-state index contributed by atoms with van der Waals surface area (Å²) >= 11 is 0. The number of rotatable bonds is 2. The largest absolute Gasteiger partial charge is 0.490 e. The van der Waals surface area contributed by atoms with Gasteiger partial charge in [0.25, 0.3) is 5.91 Å². The van der Waals surface area contributed by atoms with E-state index in [2.05, 4.69) is 10.3 Å². The second-order valence-corrected chi connectivity index (χ2v) is 5.55. The summed E-state index contributed by atoms with van der Waals surface area (Å²) in [6, 6.07) is 15.1. The van der Waals surface area contributed by atoms with E-state index in [-0.39, 0.29) is 5.91 Å². The molecule has 0 bridgehead atoms. The van der Waals surface area contributed by atoms with Crippen molar-refractivity contribution < 1.29 is 14.3 Å². The van der Waals surface area contributed by atoms with Gasteiger partial charge in [0.2, 0.25) is 0 Å². The van der Waals surface area contributed by atoms with E-state index in [1.807, 2.05) is 36.4 Å². The van der Waals surface area contributed by atoms with E-state index in [1.165, 1.54) is 0 Å². The highest BCUT2D eigenvalue weighted by molar-refractivity contribution is 6.06. The molecule has 0 saturated carbocycles. The molecule has 3 aromatic rings. The van der Waals surface area contributed by atoms with E-state index >= 15 is 0 Å². The van der Waals surface area contributed by atoms with Crippen LogP contribution in [0.15, 0.2) is 54.7 Å². The van der Waals surface area contributed by atoms with Crippen molar-refractivity contribution in [1.82, 2.24) is 4.98 Å². The SMILES string of the molecule is O=C(Nc1cc2ccccc2cn1)c1cccc2c1OCCCO2. The van der Waals surface area contributed by atoms with Gasteiger partial charge in [-0.05, 0) is 23.6 Å². The van der Waals surface area contributed by atoms with E-state index in [0.717, 1.165) is 17.2 Å². The van der Waals surface area contributed by atoms with Gasteiger partial charge in [-0.3, -0.25) is 4.79 Å². The van der Waals surface area contributed by atoms with E-state index in [9.17, 15) is 4.79 Å². The van der Waals surface area contributed by atoms with Crippen LogP contribution >= 0.6 is 0 Å². The fourth-order valence-corrected chi connectivity index (χ4v) is 2.71. The fraction of sp³-hybridized carbons (Fsp3) is 0.158. The molecular formula is C19H16N2O3. The summed E-state index contributed by atoms with van der Waals surface area (Å²) < 4.78 is 11.3. The smallest absolute Gasteiger partial charge is 0.260 e. The van der Waals surface area contributed by atoms with E-state index < -0.39 is 0 Å². The number of para-hydroxylation sites is 1. The number of nitrogens with zero attached hydrogens (tertiary/aromatic N) is 1. The van der Waals surface area contributed by atoms with E-state index in [0.29, 0.717) is 36.1 Å². The Labute approximate surface area is 139 Å². The van der Waals surface area contributed by atoms with Crippen molar-refractivity contribution >= 4 is 22.5 Å². The lowest BCUT2D eigenvalue weighted by molar-refractivity contribution is 0.102. The Morgan fingerprint density at radius 1 is 1.00 bits per heavy atom. The molecule has 4 rings (SSSR count). The first-order valence-corrected chi connectivity index (χ1v) is 7.86. The molecule has 120 valence electrons. The highest BCUT2D eigenvalue weighted by Gasteiger charge is 2.19. The van der Waals surface area contributed by atoms with Crippen molar-refractivity contribution in [3.63, 3.8) is 0 Å². The molecule has 0 aliphatic carbocycles. The Balaban J connectivity index is 1.64. The molecule has 2 aromatic carbocycles. The highest BCUT2D eigenvalue weighted by atomic mass is 16.5. The molecule has 5 heteroatoms. The van der Waals surface area contributed by atoms with Gasteiger partial charge in [-0.15, -0.1) is 0 Å². The molecule has 1 aliphatic rings. The summed E-state index contributed by atoms with van der Waals surface area (Å²) in [7, 11) is 0. The third kappa shape index (κ3) is 2.76. The van der Waals surface area contributed by atoms with Gasteiger partial charge in [-0.1, -0.05) is 30.3 Å². The summed E-state index contributed by atoms with van der Waals surface area (Å²) in [5.74, 6) is 1.34. The molecule has 0 unspecified atom stereocenters. The lowest BCUT2D eigenvalue weighted by atomic mass is 10.1. The highest BCUT2D eigenvalue weighted by Crippen LogP contribution is 2.33. The van der Waals surface area contributed by atoms with Crippen LogP contribution in [0.2, 0.25) is 0 Å². The van der Waals surface area contributed by atoms with Gasteiger partial charge in [0, 0.05) is 18.0 Å². The maximum absolute atomic E-state index is 12.6. The second-order valence-electron chi connectivity index (χ2n) is 5.55. The summed E-state index contributed by atoms with van der Waals surface area (Å²) in [5.41, 5.74) is 0.448. The minimum atomic E-state index is -0.264. The Bertz CT molecular complexity index is 908. The van der Waals surface area contributed by atoms with Crippen molar-refractivity contribution in [1.29, 1.82) is 0 Å². The van der Waals surface area contributed by atoms with E-state index in [4.69, 9.17) is 9.47 Å². The Morgan fingerprint density at radius 3 is 2.75 bits per heavy atom. The first-order chi connectivity index (χ1) is 11.8. The molecule has 0 atom stereocenters. The topological polar surface area (TPSA) is 60.5 Å². The third-order valence-electron chi connectivity index (χ3n) is 3.89. The number of pyridine rings is 1. The Kier molecular flexibility index (Phi) is 3.75. The predicted octanol–water partition coefficient (Wildman–Crippen LogP) is 3.65. The van der Waals surface area contributed by atoms with Crippen molar-refractivity contribution in [2.24, 2.45) is 0 Å². The molecule has 1 aliphatic heterocycles. The number of hydrogen-bond acceptors (Lipinski definition) is 4. The molecule has 0 spiro atoms. The number of carbonyl (C=O) groups excluding carboxylic acids is 1. The number of amides is 1. The van der Waals surface area contributed by atoms with Crippen LogP contribution in [-0.2, 0) is 0 Å². The number of hydrogen-bond donors (Lipinski definition) is 1. The minimum absolute atomic E-state index is 0.264. The monoisotopic (exact) mass is 320 g/mol. The summed E-state index contributed by atoms with van der Waals surface area (Å²) in [5, 5.41) is 4.89. The zero-order chi connectivity index (χ0) is 16.4. The van der Waals surface area contributed by atoms with Crippen molar-refractivity contribution in [3.8, 4) is 11.5 Å². The van der Waals surface area contributed by atoms with Gasteiger partial charge in [0.15, 0.2) is 11.5 Å². The van der Waals surface area contributed by atoms with Gasteiger partial charge in [0.05, 0.1) is 18.8 Å². The van der Waals surface area contributed by atoms with Gasteiger partial charge in [-0.25, -0.2) is 4.98 Å². The van der Waals surface area contributed by atoms with Crippen LogP contribution in [0.25, 0.3) is 10.8 Å². The molecule has 1 aromatic heterocycles. The molecule has 1 N–H and O–H groups in total. The Hall–Kier alpha value is -3.08. The van der Waals surface area contributed by atoms with Crippen LogP contribution in [0.4, 0.5) is 5.82 Å². The molecule has 0 fully saturated rings. The Morgan fingerprint density at radius 2 is 1.83 bits per heavy atom. The number of ether oxygens (including phenoxy) is 2. The minimum Gasteiger partial charge on any atom is -0.490 e. The van der Waals surface area contributed by atoms with Crippen molar-refractivity contribution in [2.75, 3.05) is 18.5 Å². The number of carbonyl (C=O) groups is 1. The number of fused-ring (bicyclic) bond motifs is 2. The molecule has 5 nitrogen and oxygen atoms in total. The summed E-state index contributed by atoms with van der Waals surface area (Å²) in [6.07, 6.45) is 2.54. The van der Waals surface area contributed by atoms with Crippen LogP contribution in [0.1, 0.15) is 16.8 Å². The van der Waals surface area contributed by atoms with Crippen LogP contribution < -0.4 is 14.8 Å². The molecule has 2 heterocycles. The van der Waals surface area contributed by atoms with Gasteiger partial charge < -0.3 is 14.8 Å². The lowest BCUT2D eigenvalue weighted by Crippen LogP contribution is -2.14. The number of aromatic nitrogens is 1. The molecule has 0 radical (unpaired) electrons. The van der Waals surface area contributed by atoms with Crippen LogP contribution in [0.3, 0.4) is 0 Å². The fourth-order valence-electron chi connectivity index (χ4n) is 2.71. The van der Waals surface area contributed by atoms with Crippen molar-refractivity contribution in [3.05, 3.63) is 60.3 Å². The van der Waals surface area contributed by atoms with Crippen LogP contribution in [-0.4, -0.2) is 24.1 Å². The maximum atomic E-state index is 12.6. The normalized spacial score (nSPS) is 13.3. The zero-order valence-corrected chi connectivity index (χ0v) is 13.0. The molecular weight excluding hydrogens is 304 g/mol. The molecule has 1 amide bonds. The van der Waals surface area contributed by atoms with Crippen molar-refractivity contribution in [2.45, 2.75) is 6.42 Å². The van der Waals surface area contributed by atoms with Gasteiger partial charge >= 0.3 is 0 Å². The number of anilines is 1. The lowest BCUT2D eigenvalue weighted by Gasteiger charge is -2.12. The van der Waals surface area contributed by atoms with Crippen LogP contribution in [0.5, 0.6) is 11.5 Å². The second kappa shape index (κ2) is 6.20. The predicted molar refractivity (Wildman–Crippen MR) is 91.7 cm³/mol. The zero-order valence-electron chi connectivity index (χ0n) is 13.0. The quantitative estimate of drug-likeness (QED) is 0.783. The average Bonchev–Trinajstić information content (AvgIpc) is 2.87. The number of benzene rings is 2. The first kappa shape index (κ1) is 14.5.